The lowest BCUT2D eigenvalue weighted by Crippen LogP contribution is -2.30. The highest BCUT2D eigenvalue weighted by Crippen LogP contribution is 2.41. The van der Waals surface area contributed by atoms with E-state index in [1.165, 1.54) is 35.4 Å². The van der Waals surface area contributed by atoms with Crippen molar-refractivity contribution in [3.05, 3.63) is 83.3 Å². The molecule has 0 aliphatic rings. The highest BCUT2D eigenvalue weighted by Gasteiger charge is 2.35. The van der Waals surface area contributed by atoms with Gasteiger partial charge in [0.2, 0.25) is 0 Å². The Morgan fingerprint density at radius 1 is 1.09 bits per heavy atom. The molecule has 2 aromatic heterocycles. The number of nitrogens with zero attached hydrogens (tertiary/aromatic N) is 2. The molecule has 0 saturated carbocycles. The number of thiophene rings is 1. The fourth-order valence-electron chi connectivity index (χ4n) is 3.49. The van der Waals surface area contributed by atoms with Crippen LogP contribution in [0.3, 0.4) is 0 Å². The lowest BCUT2D eigenvalue weighted by atomic mass is 10.1. The number of pyridine rings is 1. The van der Waals surface area contributed by atoms with Gasteiger partial charge in [0, 0.05) is 10.9 Å². The molecule has 2 aromatic carbocycles. The summed E-state index contributed by atoms with van der Waals surface area (Å²) in [5.41, 5.74) is -0.764. The molecule has 0 amide bonds. The minimum Gasteiger partial charge on any atom is -0.252 e. The molecule has 0 bridgehead atoms. The van der Waals surface area contributed by atoms with Gasteiger partial charge in [0.25, 0.3) is 10.0 Å². The van der Waals surface area contributed by atoms with E-state index in [9.17, 15) is 26.0 Å². The molecule has 0 saturated heterocycles. The molecule has 4 nitrogen and oxygen atoms in total. The number of benzene rings is 2. The number of halogens is 4. The standard InChI is InChI=1S/C23H18F4N2O2S3/c1-14-17-5-3-4-6-20(17)33-22(14)29(34(30,31)16-8-10-21(32-2)28-12-16)13-15-7-9-19(24)18(11-15)23(25,26)27/h3-12H,13H2,1-2H3. The third-order valence-electron chi connectivity index (χ3n) is 5.21. The summed E-state index contributed by atoms with van der Waals surface area (Å²) in [7, 11) is -4.21. The zero-order valence-corrected chi connectivity index (χ0v) is 20.4. The van der Waals surface area contributed by atoms with Crippen molar-refractivity contribution >= 4 is 48.2 Å². The van der Waals surface area contributed by atoms with Crippen molar-refractivity contribution in [1.29, 1.82) is 0 Å². The van der Waals surface area contributed by atoms with Gasteiger partial charge >= 0.3 is 6.18 Å². The van der Waals surface area contributed by atoms with E-state index in [1.54, 1.807) is 19.2 Å². The summed E-state index contributed by atoms with van der Waals surface area (Å²) < 4.78 is 83.0. The first kappa shape index (κ1) is 24.5. The van der Waals surface area contributed by atoms with Crippen LogP contribution in [-0.4, -0.2) is 19.7 Å². The number of fused-ring (bicyclic) bond motifs is 1. The molecule has 0 unspecified atom stereocenters. The Labute approximate surface area is 202 Å². The molecule has 34 heavy (non-hydrogen) atoms. The molecule has 0 fully saturated rings. The average Bonchev–Trinajstić information content (AvgIpc) is 3.13. The third kappa shape index (κ3) is 4.64. The predicted octanol–water partition coefficient (Wildman–Crippen LogP) is 6.88. The Balaban J connectivity index is 1.87. The van der Waals surface area contributed by atoms with Crippen LogP contribution in [0.1, 0.15) is 16.7 Å². The van der Waals surface area contributed by atoms with Crippen LogP contribution in [-0.2, 0) is 22.7 Å². The number of hydrogen-bond donors (Lipinski definition) is 0. The Hall–Kier alpha value is -2.63. The fraction of sp³-hybridized carbons (Fsp3) is 0.174. The maximum Gasteiger partial charge on any atom is 0.419 e. The second-order valence-corrected chi connectivity index (χ2v) is 11.1. The van der Waals surface area contributed by atoms with E-state index < -0.39 is 34.1 Å². The summed E-state index contributed by atoms with van der Waals surface area (Å²) in [6.45, 7) is 1.35. The van der Waals surface area contributed by atoms with E-state index in [4.69, 9.17) is 0 Å². The van der Waals surface area contributed by atoms with Crippen molar-refractivity contribution in [2.75, 3.05) is 10.6 Å². The summed E-state index contributed by atoms with van der Waals surface area (Å²) in [5.74, 6) is -1.42. The predicted molar refractivity (Wildman–Crippen MR) is 127 cm³/mol. The molecule has 0 aliphatic heterocycles. The normalized spacial score (nSPS) is 12.3. The van der Waals surface area contributed by atoms with E-state index in [2.05, 4.69) is 4.98 Å². The van der Waals surface area contributed by atoms with Crippen LogP contribution in [0.5, 0.6) is 0 Å². The van der Waals surface area contributed by atoms with E-state index in [-0.39, 0.29) is 10.5 Å². The highest BCUT2D eigenvalue weighted by atomic mass is 32.2. The van der Waals surface area contributed by atoms with Crippen LogP contribution in [0.25, 0.3) is 10.1 Å². The van der Waals surface area contributed by atoms with Gasteiger partial charge in [-0.3, -0.25) is 4.31 Å². The monoisotopic (exact) mass is 526 g/mol. The maximum atomic E-state index is 13.8. The molecule has 0 N–H and O–H groups in total. The van der Waals surface area contributed by atoms with Crippen LogP contribution in [0, 0.1) is 12.7 Å². The second kappa shape index (κ2) is 9.20. The molecule has 2 heterocycles. The first-order valence-electron chi connectivity index (χ1n) is 9.89. The quantitative estimate of drug-likeness (QED) is 0.203. The molecule has 178 valence electrons. The lowest BCUT2D eigenvalue weighted by molar-refractivity contribution is -0.140. The number of hydrogen-bond acceptors (Lipinski definition) is 5. The number of sulfonamides is 1. The van der Waals surface area contributed by atoms with Crippen LogP contribution >= 0.6 is 23.1 Å². The minimum atomic E-state index is -4.91. The largest absolute Gasteiger partial charge is 0.419 e. The van der Waals surface area contributed by atoms with Gasteiger partial charge in [0.15, 0.2) is 0 Å². The van der Waals surface area contributed by atoms with Crippen molar-refractivity contribution in [2.45, 2.75) is 29.6 Å². The van der Waals surface area contributed by atoms with Gasteiger partial charge in [-0.25, -0.2) is 17.8 Å². The van der Waals surface area contributed by atoms with E-state index in [0.29, 0.717) is 27.7 Å². The molecular weight excluding hydrogens is 508 g/mol. The van der Waals surface area contributed by atoms with E-state index in [1.807, 2.05) is 24.3 Å². The SMILES string of the molecule is CSc1ccc(S(=O)(=O)N(Cc2ccc(F)c(C(F)(F)F)c2)c2sc3ccccc3c2C)cn1. The number of anilines is 1. The number of thioether (sulfide) groups is 1. The Kier molecular flexibility index (Phi) is 6.63. The minimum absolute atomic E-state index is 0.00264. The first-order valence-corrected chi connectivity index (χ1v) is 13.4. The highest BCUT2D eigenvalue weighted by molar-refractivity contribution is 7.98. The zero-order valence-electron chi connectivity index (χ0n) is 17.9. The summed E-state index contributed by atoms with van der Waals surface area (Å²) in [6, 6.07) is 12.8. The van der Waals surface area contributed by atoms with E-state index in [0.717, 1.165) is 20.5 Å². The van der Waals surface area contributed by atoms with Gasteiger partial charge in [0.1, 0.15) is 15.7 Å². The third-order valence-corrected chi connectivity index (χ3v) is 9.01. The fourth-order valence-corrected chi connectivity index (χ4v) is 6.72. The summed E-state index contributed by atoms with van der Waals surface area (Å²) in [5, 5.41) is 1.83. The molecule has 0 atom stereocenters. The van der Waals surface area contributed by atoms with E-state index >= 15 is 0 Å². The van der Waals surface area contributed by atoms with Gasteiger partial charge < -0.3 is 0 Å². The van der Waals surface area contributed by atoms with Crippen molar-refractivity contribution in [3.8, 4) is 0 Å². The number of aryl methyl sites for hydroxylation is 1. The molecule has 4 rings (SSSR count). The number of alkyl halides is 3. The Morgan fingerprint density at radius 3 is 2.44 bits per heavy atom. The molecule has 11 heteroatoms. The van der Waals surface area contributed by atoms with Crippen LogP contribution in [0.2, 0.25) is 0 Å². The summed E-state index contributed by atoms with van der Waals surface area (Å²) >= 11 is 2.57. The van der Waals surface area contributed by atoms with Gasteiger partial charge in [-0.1, -0.05) is 24.3 Å². The number of rotatable bonds is 6. The Bertz CT molecular complexity index is 1450. The summed E-state index contributed by atoms with van der Waals surface area (Å²) in [6.07, 6.45) is -1.88. The van der Waals surface area contributed by atoms with Crippen LogP contribution in [0.15, 0.2) is 70.7 Å². The average molecular weight is 527 g/mol. The molecule has 0 aliphatic carbocycles. The molecule has 0 spiro atoms. The first-order chi connectivity index (χ1) is 16.0. The Morgan fingerprint density at radius 2 is 1.82 bits per heavy atom. The molecular formula is C23H18F4N2O2S3. The summed E-state index contributed by atoms with van der Waals surface area (Å²) in [4.78, 5) is 4.04. The van der Waals surface area contributed by atoms with Gasteiger partial charge in [0.05, 0.1) is 17.1 Å². The zero-order chi connectivity index (χ0) is 24.7. The topological polar surface area (TPSA) is 50.3 Å². The van der Waals surface area contributed by atoms with Gasteiger partial charge in [-0.05, 0) is 60.0 Å². The second-order valence-electron chi connectivity index (χ2n) is 7.39. The maximum absolute atomic E-state index is 13.8. The molecule has 4 aromatic rings. The molecule has 0 radical (unpaired) electrons. The number of aromatic nitrogens is 1. The van der Waals surface area contributed by atoms with Crippen molar-refractivity contribution in [2.24, 2.45) is 0 Å². The van der Waals surface area contributed by atoms with Crippen molar-refractivity contribution < 1.29 is 26.0 Å². The van der Waals surface area contributed by atoms with Crippen LogP contribution in [0.4, 0.5) is 22.6 Å². The smallest absolute Gasteiger partial charge is 0.252 e. The van der Waals surface area contributed by atoms with Crippen LogP contribution < -0.4 is 4.31 Å². The lowest BCUT2D eigenvalue weighted by Gasteiger charge is -2.24. The van der Waals surface area contributed by atoms with Gasteiger partial charge in [-0.15, -0.1) is 23.1 Å². The van der Waals surface area contributed by atoms with Crippen molar-refractivity contribution in [3.63, 3.8) is 0 Å². The van der Waals surface area contributed by atoms with Crippen molar-refractivity contribution in [1.82, 2.24) is 4.98 Å². The van der Waals surface area contributed by atoms with Gasteiger partial charge in [-0.2, -0.15) is 13.2 Å².